The molecule has 1 amide bonds. The molecule has 2 aromatic carbocycles. The molecular formula is C25H25F3N4O2. The lowest BCUT2D eigenvalue weighted by atomic mass is 9.96. The fraction of sp³-hybridized carbons (Fsp3) is 0.200. The minimum atomic E-state index is -4.24. The van der Waals surface area contributed by atoms with Crippen LogP contribution in [0.1, 0.15) is 25.0 Å². The third kappa shape index (κ3) is 5.93. The van der Waals surface area contributed by atoms with E-state index in [0.717, 1.165) is 34.3 Å². The van der Waals surface area contributed by atoms with Gasteiger partial charge in [-0.2, -0.15) is 13.2 Å². The second kappa shape index (κ2) is 9.96. The van der Waals surface area contributed by atoms with Gasteiger partial charge in [-0.3, -0.25) is 4.79 Å². The molecule has 2 heterocycles. The number of halogens is 3. The van der Waals surface area contributed by atoms with Crippen molar-refractivity contribution in [2.75, 3.05) is 17.7 Å². The number of anilines is 2. The van der Waals surface area contributed by atoms with Crippen LogP contribution in [0, 0.1) is 0 Å². The summed E-state index contributed by atoms with van der Waals surface area (Å²) in [7, 11) is 1.66. The van der Waals surface area contributed by atoms with E-state index in [1.165, 1.54) is 12.1 Å². The van der Waals surface area contributed by atoms with E-state index in [1.807, 2.05) is 36.4 Å². The smallest absolute Gasteiger partial charge is 0.388 e. The maximum absolute atomic E-state index is 12.0. The lowest BCUT2D eigenvalue weighted by Crippen LogP contribution is -2.14. The van der Waals surface area contributed by atoms with Gasteiger partial charge in [0.15, 0.2) is 0 Å². The first-order valence-electron chi connectivity index (χ1n) is 10.4. The highest BCUT2D eigenvalue weighted by molar-refractivity contribution is 5.95. The summed E-state index contributed by atoms with van der Waals surface area (Å²) in [5.74, 6) is 0. The zero-order valence-electron chi connectivity index (χ0n) is 18.9. The normalized spacial score (nSPS) is 11.5. The minimum absolute atomic E-state index is 0.624. The number of aromatic amines is 1. The van der Waals surface area contributed by atoms with Crippen LogP contribution in [0.2, 0.25) is 0 Å². The first-order valence-corrected chi connectivity index (χ1v) is 10.4. The van der Waals surface area contributed by atoms with Gasteiger partial charge < -0.3 is 20.7 Å². The predicted molar refractivity (Wildman–Crippen MR) is 127 cm³/mol. The van der Waals surface area contributed by atoms with E-state index in [2.05, 4.69) is 20.6 Å². The van der Waals surface area contributed by atoms with Gasteiger partial charge in [0.05, 0.1) is 22.5 Å². The summed E-state index contributed by atoms with van der Waals surface area (Å²) in [6.45, 7) is 3.51. The SMILES string of the molecule is CC(C)(O)c1ccc(-c2ccc3c(NC=O)c[nH]c3n2)cc1.CNc1ccc(C(F)(F)F)cc1. The van der Waals surface area contributed by atoms with Crippen LogP contribution in [0.5, 0.6) is 0 Å². The Morgan fingerprint density at radius 3 is 2.09 bits per heavy atom. The van der Waals surface area contributed by atoms with Crippen molar-refractivity contribution in [3.8, 4) is 11.3 Å². The summed E-state index contributed by atoms with van der Waals surface area (Å²) in [6, 6.07) is 16.4. The largest absolute Gasteiger partial charge is 0.416 e. The van der Waals surface area contributed by atoms with Crippen molar-refractivity contribution < 1.29 is 23.1 Å². The Kier molecular flexibility index (Phi) is 7.26. The minimum Gasteiger partial charge on any atom is -0.388 e. The molecule has 178 valence electrons. The van der Waals surface area contributed by atoms with E-state index in [1.54, 1.807) is 27.1 Å². The number of nitrogens with one attached hydrogen (secondary N) is 3. The third-order valence-electron chi connectivity index (χ3n) is 5.14. The van der Waals surface area contributed by atoms with E-state index >= 15 is 0 Å². The number of amides is 1. The second-order valence-corrected chi connectivity index (χ2v) is 8.02. The monoisotopic (exact) mass is 470 g/mol. The lowest BCUT2D eigenvalue weighted by molar-refractivity contribution is -0.137. The van der Waals surface area contributed by atoms with Crippen LogP contribution in [0.25, 0.3) is 22.3 Å². The van der Waals surface area contributed by atoms with Gasteiger partial charge in [0, 0.05) is 29.9 Å². The number of hydrogen-bond acceptors (Lipinski definition) is 4. The van der Waals surface area contributed by atoms with E-state index in [-0.39, 0.29) is 0 Å². The van der Waals surface area contributed by atoms with E-state index in [4.69, 9.17) is 0 Å². The zero-order chi connectivity index (χ0) is 24.9. The van der Waals surface area contributed by atoms with Gasteiger partial charge in [-0.15, -0.1) is 0 Å². The van der Waals surface area contributed by atoms with Gasteiger partial charge in [-0.05, 0) is 55.8 Å². The molecule has 0 fully saturated rings. The van der Waals surface area contributed by atoms with Crippen molar-refractivity contribution in [2.45, 2.75) is 25.6 Å². The van der Waals surface area contributed by atoms with Crippen molar-refractivity contribution in [1.29, 1.82) is 0 Å². The highest BCUT2D eigenvalue weighted by Crippen LogP contribution is 2.30. The molecule has 0 aliphatic carbocycles. The van der Waals surface area contributed by atoms with Crippen LogP contribution < -0.4 is 10.6 Å². The Balaban J connectivity index is 0.000000229. The van der Waals surface area contributed by atoms with Crippen LogP contribution in [0.3, 0.4) is 0 Å². The van der Waals surface area contributed by atoms with E-state index in [0.29, 0.717) is 23.4 Å². The number of aliphatic hydroxyl groups is 1. The number of carbonyl (C=O) groups is 1. The van der Waals surface area contributed by atoms with Crippen LogP contribution >= 0.6 is 0 Å². The summed E-state index contributed by atoms with van der Waals surface area (Å²) in [6.07, 6.45) is -1.88. The number of nitrogens with zero attached hydrogens (tertiary/aromatic N) is 1. The molecule has 9 heteroatoms. The van der Waals surface area contributed by atoms with Gasteiger partial charge in [-0.1, -0.05) is 24.3 Å². The fourth-order valence-corrected chi connectivity index (χ4v) is 3.22. The van der Waals surface area contributed by atoms with E-state index < -0.39 is 17.3 Å². The highest BCUT2D eigenvalue weighted by atomic mass is 19.4. The molecule has 0 aliphatic heterocycles. The summed E-state index contributed by atoms with van der Waals surface area (Å²) < 4.78 is 36.0. The van der Waals surface area contributed by atoms with Crippen LogP contribution in [0.4, 0.5) is 24.5 Å². The van der Waals surface area contributed by atoms with Gasteiger partial charge >= 0.3 is 6.18 Å². The van der Waals surface area contributed by atoms with E-state index in [9.17, 15) is 23.1 Å². The van der Waals surface area contributed by atoms with Gasteiger partial charge in [0.25, 0.3) is 0 Å². The van der Waals surface area contributed by atoms with Crippen LogP contribution in [-0.4, -0.2) is 28.5 Å². The quantitative estimate of drug-likeness (QED) is 0.279. The number of carbonyl (C=O) groups excluding carboxylic acids is 1. The molecule has 2 aromatic heterocycles. The maximum Gasteiger partial charge on any atom is 0.416 e. The molecule has 34 heavy (non-hydrogen) atoms. The average molecular weight is 470 g/mol. The molecule has 0 radical (unpaired) electrons. The fourth-order valence-electron chi connectivity index (χ4n) is 3.22. The van der Waals surface area contributed by atoms with Crippen LogP contribution in [-0.2, 0) is 16.6 Å². The molecule has 0 atom stereocenters. The summed E-state index contributed by atoms with van der Waals surface area (Å²) in [5, 5.41) is 16.2. The molecule has 0 saturated carbocycles. The van der Waals surface area contributed by atoms with Crippen molar-refractivity contribution in [3.05, 3.63) is 78.0 Å². The first-order chi connectivity index (χ1) is 16.0. The standard InChI is InChI=1S/C17H17N3O2.C8H8F3N/c1-17(2,22)12-5-3-11(4-6-12)14-8-7-13-15(19-10-21)9-18-16(13)20-14;1-12-7-4-2-6(3-5-7)8(9,10)11/h3-10,22H,1-2H3,(H,18,20)(H,19,21);2-5,12H,1H3. The maximum atomic E-state index is 12.0. The molecule has 4 N–H and O–H groups in total. The molecule has 4 rings (SSSR count). The van der Waals surface area contributed by atoms with Crippen molar-refractivity contribution in [2.24, 2.45) is 0 Å². The summed E-state index contributed by atoms with van der Waals surface area (Å²) in [4.78, 5) is 18.2. The zero-order valence-corrected chi connectivity index (χ0v) is 18.9. The molecule has 0 saturated heterocycles. The molecular weight excluding hydrogens is 445 g/mol. The highest BCUT2D eigenvalue weighted by Gasteiger charge is 2.29. The van der Waals surface area contributed by atoms with Crippen LogP contribution in [0.15, 0.2) is 66.9 Å². The van der Waals surface area contributed by atoms with Gasteiger partial charge in [-0.25, -0.2) is 4.98 Å². The van der Waals surface area contributed by atoms with Gasteiger partial charge in [0.1, 0.15) is 5.65 Å². The van der Waals surface area contributed by atoms with Gasteiger partial charge in [0.2, 0.25) is 6.41 Å². The molecule has 6 nitrogen and oxygen atoms in total. The topological polar surface area (TPSA) is 90.0 Å². The summed E-state index contributed by atoms with van der Waals surface area (Å²) >= 11 is 0. The number of H-pyrrole nitrogens is 1. The Morgan fingerprint density at radius 2 is 1.56 bits per heavy atom. The molecule has 0 aliphatic rings. The number of benzene rings is 2. The number of aromatic nitrogens is 2. The average Bonchev–Trinajstić information content (AvgIpc) is 3.21. The van der Waals surface area contributed by atoms with Crippen molar-refractivity contribution in [3.63, 3.8) is 0 Å². The molecule has 0 bridgehead atoms. The predicted octanol–water partition coefficient (Wildman–Crippen LogP) is 5.77. The van der Waals surface area contributed by atoms with Crippen molar-refractivity contribution >= 4 is 28.8 Å². The number of rotatable bonds is 5. The Hall–Kier alpha value is -3.85. The summed E-state index contributed by atoms with van der Waals surface area (Å²) in [5.41, 5.74) is 3.27. The Morgan fingerprint density at radius 1 is 0.941 bits per heavy atom. The third-order valence-corrected chi connectivity index (χ3v) is 5.14. The second-order valence-electron chi connectivity index (χ2n) is 8.02. The lowest BCUT2D eigenvalue weighted by Gasteiger charge is -2.17. The Labute approximate surface area is 194 Å². The molecule has 4 aromatic rings. The number of pyridine rings is 1. The number of alkyl halides is 3. The number of hydrogen-bond donors (Lipinski definition) is 4. The first kappa shape index (κ1) is 24.8. The Bertz CT molecular complexity index is 1240. The number of fused-ring (bicyclic) bond motifs is 1. The molecule has 0 spiro atoms. The van der Waals surface area contributed by atoms with Crippen molar-refractivity contribution in [1.82, 2.24) is 9.97 Å². The molecule has 0 unspecified atom stereocenters.